The molecule has 1 aliphatic rings. The van der Waals surface area contributed by atoms with E-state index in [0.717, 1.165) is 72.2 Å². The molecule has 0 saturated carbocycles. The van der Waals surface area contributed by atoms with Crippen LogP contribution in [0.15, 0.2) is 71.9 Å². The van der Waals surface area contributed by atoms with E-state index < -0.39 is 5.97 Å². The first kappa shape index (κ1) is 21.6. The molecule has 2 N–H and O–H groups in total. The van der Waals surface area contributed by atoms with Crippen LogP contribution in [0.3, 0.4) is 0 Å². The van der Waals surface area contributed by atoms with Crippen LogP contribution in [0.5, 0.6) is 5.75 Å². The second-order valence-electron chi connectivity index (χ2n) is 8.15. The summed E-state index contributed by atoms with van der Waals surface area (Å²) in [7, 11) is 0. The van der Waals surface area contributed by atoms with E-state index in [1.165, 1.54) is 5.56 Å². The first-order chi connectivity index (χ1) is 15.6. The minimum absolute atomic E-state index is 0.302. The van der Waals surface area contributed by atoms with Crippen molar-refractivity contribution in [2.75, 3.05) is 0 Å². The predicted octanol–water partition coefficient (Wildman–Crippen LogP) is 5.65. The number of fused-ring (bicyclic) bond motifs is 1. The quantitative estimate of drug-likeness (QED) is 0.358. The SMILES string of the molecule is O=C(O)c1ccc(CCCc2cc3c(cc2OCc2ccccc2)CCCC3=NO)cc1. The molecule has 0 bridgehead atoms. The normalized spacial score (nSPS) is 14.2. The summed E-state index contributed by atoms with van der Waals surface area (Å²) in [4.78, 5) is 11.0. The average molecular weight is 430 g/mol. The second-order valence-corrected chi connectivity index (χ2v) is 8.15. The molecule has 0 fully saturated rings. The maximum atomic E-state index is 11.0. The highest BCUT2D eigenvalue weighted by Crippen LogP contribution is 2.31. The van der Waals surface area contributed by atoms with Crippen LogP contribution in [0, 0.1) is 0 Å². The van der Waals surface area contributed by atoms with Gasteiger partial charge in [-0.1, -0.05) is 47.6 Å². The Kier molecular flexibility index (Phi) is 6.85. The molecule has 1 aliphatic carbocycles. The molecule has 0 amide bonds. The number of carboxylic acid groups (broad SMARTS) is 1. The molecule has 3 aromatic rings. The van der Waals surface area contributed by atoms with Gasteiger partial charge in [0, 0.05) is 5.56 Å². The van der Waals surface area contributed by atoms with Crippen molar-refractivity contribution >= 4 is 11.7 Å². The van der Waals surface area contributed by atoms with Crippen molar-refractivity contribution < 1.29 is 19.8 Å². The molecule has 0 heterocycles. The first-order valence-electron chi connectivity index (χ1n) is 11.0. The number of oxime groups is 1. The molecule has 0 unspecified atom stereocenters. The number of nitrogens with zero attached hydrogens (tertiary/aromatic N) is 1. The molecular formula is C27H27NO4. The van der Waals surface area contributed by atoms with Crippen molar-refractivity contribution in [3.8, 4) is 5.75 Å². The topological polar surface area (TPSA) is 79.1 Å². The largest absolute Gasteiger partial charge is 0.489 e. The Bertz CT molecular complexity index is 1100. The zero-order chi connectivity index (χ0) is 22.3. The number of carbonyl (C=O) groups is 1. The monoisotopic (exact) mass is 429 g/mol. The minimum Gasteiger partial charge on any atom is -0.489 e. The average Bonchev–Trinajstić information content (AvgIpc) is 2.83. The van der Waals surface area contributed by atoms with Crippen molar-refractivity contribution in [3.05, 3.63) is 100 Å². The molecule has 5 nitrogen and oxygen atoms in total. The lowest BCUT2D eigenvalue weighted by Crippen LogP contribution is -2.13. The Morgan fingerprint density at radius 3 is 2.44 bits per heavy atom. The maximum Gasteiger partial charge on any atom is 0.335 e. The summed E-state index contributed by atoms with van der Waals surface area (Å²) in [5, 5.41) is 22.0. The zero-order valence-electron chi connectivity index (χ0n) is 18.0. The lowest BCUT2D eigenvalue weighted by molar-refractivity contribution is 0.0697. The third-order valence-electron chi connectivity index (χ3n) is 5.93. The highest BCUT2D eigenvalue weighted by molar-refractivity contribution is 6.02. The van der Waals surface area contributed by atoms with Crippen LogP contribution in [-0.4, -0.2) is 22.0 Å². The minimum atomic E-state index is -0.910. The molecule has 5 heteroatoms. The van der Waals surface area contributed by atoms with Crippen LogP contribution in [0.25, 0.3) is 0 Å². The maximum absolute atomic E-state index is 11.0. The van der Waals surface area contributed by atoms with Crippen molar-refractivity contribution in [1.29, 1.82) is 0 Å². The van der Waals surface area contributed by atoms with E-state index in [4.69, 9.17) is 9.84 Å². The summed E-state index contributed by atoms with van der Waals surface area (Å²) in [6.07, 6.45) is 5.26. The molecule has 0 radical (unpaired) electrons. The molecule has 0 spiro atoms. The van der Waals surface area contributed by atoms with Gasteiger partial charge in [-0.3, -0.25) is 0 Å². The first-order valence-corrected chi connectivity index (χ1v) is 11.0. The smallest absolute Gasteiger partial charge is 0.335 e. The lowest BCUT2D eigenvalue weighted by atomic mass is 9.87. The van der Waals surface area contributed by atoms with Gasteiger partial charge >= 0.3 is 5.97 Å². The van der Waals surface area contributed by atoms with E-state index in [-0.39, 0.29) is 0 Å². The Morgan fingerprint density at radius 2 is 1.72 bits per heavy atom. The van der Waals surface area contributed by atoms with Crippen LogP contribution < -0.4 is 4.74 Å². The molecule has 3 aromatic carbocycles. The van der Waals surface area contributed by atoms with Gasteiger partial charge in [-0.2, -0.15) is 0 Å². The molecule has 0 saturated heterocycles. The summed E-state index contributed by atoms with van der Waals surface area (Å²) in [6, 6.07) is 21.4. The highest BCUT2D eigenvalue weighted by Gasteiger charge is 2.19. The van der Waals surface area contributed by atoms with Gasteiger partial charge in [-0.15, -0.1) is 0 Å². The van der Waals surface area contributed by atoms with Crippen LogP contribution in [-0.2, 0) is 25.9 Å². The van der Waals surface area contributed by atoms with Gasteiger partial charge in [0.25, 0.3) is 0 Å². The lowest BCUT2D eigenvalue weighted by Gasteiger charge is -2.21. The molecule has 4 rings (SSSR count). The van der Waals surface area contributed by atoms with Crippen LogP contribution in [0.2, 0.25) is 0 Å². The number of aromatic carboxylic acids is 1. The summed E-state index contributed by atoms with van der Waals surface area (Å²) < 4.78 is 6.24. The fraction of sp³-hybridized carbons (Fsp3) is 0.259. The second kappa shape index (κ2) is 10.1. The standard InChI is InChI=1S/C27H27NO4/c29-27(30)21-14-12-19(13-15-21)8-4-10-23-16-24-22(9-5-11-25(24)28-31)17-26(23)32-18-20-6-2-1-3-7-20/h1-3,6-7,12-17,31H,4-5,8-11,18H2,(H,29,30). The van der Waals surface area contributed by atoms with Gasteiger partial charge in [0.05, 0.1) is 11.3 Å². The Morgan fingerprint density at radius 1 is 0.938 bits per heavy atom. The van der Waals surface area contributed by atoms with E-state index in [9.17, 15) is 10.0 Å². The summed E-state index contributed by atoms with van der Waals surface area (Å²) in [5.41, 5.74) is 6.56. The van der Waals surface area contributed by atoms with Crippen molar-refractivity contribution in [2.45, 2.75) is 45.1 Å². The molecule has 32 heavy (non-hydrogen) atoms. The third-order valence-corrected chi connectivity index (χ3v) is 5.93. The Labute approximate surface area is 188 Å². The van der Waals surface area contributed by atoms with E-state index in [0.29, 0.717) is 12.2 Å². The van der Waals surface area contributed by atoms with Crippen LogP contribution in [0.4, 0.5) is 0 Å². The summed E-state index contributed by atoms with van der Waals surface area (Å²) in [6.45, 7) is 0.504. The number of benzene rings is 3. The molecule has 164 valence electrons. The molecule has 0 aromatic heterocycles. The Balaban J connectivity index is 1.52. The number of rotatable bonds is 8. The molecule has 0 aliphatic heterocycles. The number of aryl methyl sites for hydroxylation is 3. The van der Waals surface area contributed by atoms with Crippen LogP contribution >= 0.6 is 0 Å². The number of ether oxygens (including phenoxy) is 1. The van der Waals surface area contributed by atoms with E-state index >= 15 is 0 Å². The fourth-order valence-corrected chi connectivity index (χ4v) is 4.19. The number of hydrogen-bond donors (Lipinski definition) is 2. The van der Waals surface area contributed by atoms with Gasteiger partial charge < -0.3 is 15.1 Å². The zero-order valence-corrected chi connectivity index (χ0v) is 18.0. The number of hydrogen-bond acceptors (Lipinski definition) is 4. The number of carboxylic acids is 1. The Hall–Kier alpha value is -3.60. The predicted molar refractivity (Wildman–Crippen MR) is 124 cm³/mol. The molecule has 0 atom stereocenters. The van der Waals surface area contributed by atoms with Gasteiger partial charge in [0.2, 0.25) is 0 Å². The van der Waals surface area contributed by atoms with Crippen molar-refractivity contribution in [1.82, 2.24) is 0 Å². The van der Waals surface area contributed by atoms with E-state index in [1.54, 1.807) is 12.1 Å². The van der Waals surface area contributed by atoms with E-state index in [1.807, 2.05) is 30.3 Å². The summed E-state index contributed by atoms with van der Waals surface area (Å²) >= 11 is 0. The summed E-state index contributed by atoms with van der Waals surface area (Å²) in [5.74, 6) is -0.0276. The van der Waals surface area contributed by atoms with Gasteiger partial charge in [0.15, 0.2) is 0 Å². The van der Waals surface area contributed by atoms with Gasteiger partial charge in [-0.05, 0) is 85.0 Å². The van der Waals surface area contributed by atoms with Crippen molar-refractivity contribution in [2.24, 2.45) is 5.16 Å². The fourth-order valence-electron chi connectivity index (χ4n) is 4.19. The van der Waals surface area contributed by atoms with E-state index in [2.05, 4.69) is 29.4 Å². The molecular weight excluding hydrogens is 402 g/mol. The third kappa shape index (κ3) is 5.17. The van der Waals surface area contributed by atoms with Gasteiger partial charge in [-0.25, -0.2) is 4.79 Å². The van der Waals surface area contributed by atoms with Gasteiger partial charge in [0.1, 0.15) is 12.4 Å². The highest BCUT2D eigenvalue weighted by atomic mass is 16.5. The van der Waals surface area contributed by atoms with Crippen LogP contribution in [0.1, 0.15) is 57.4 Å². The van der Waals surface area contributed by atoms with Crippen molar-refractivity contribution in [3.63, 3.8) is 0 Å².